The number of nitrogens with zero attached hydrogens (tertiary/aromatic N) is 1. The molecule has 0 amide bonds. The van der Waals surface area contributed by atoms with Crippen LogP contribution in [0.1, 0.15) is 28.4 Å². The average molecular weight is 224 g/mol. The van der Waals surface area contributed by atoms with Gasteiger partial charge in [-0.2, -0.15) is 0 Å². The van der Waals surface area contributed by atoms with Gasteiger partial charge in [-0.15, -0.1) is 0 Å². The molecular weight excluding hydrogens is 210 g/mol. The Hall–Kier alpha value is -1.62. The molecule has 1 aliphatic heterocycles. The van der Waals surface area contributed by atoms with E-state index in [0.29, 0.717) is 12.5 Å². The summed E-state index contributed by atoms with van der Waals surface area (Å²) in [6.45, 7) is 1.41. The molecule has 2 heterocycles. The largest absolute Gasteiger partial charge is 0.461 e. The SMILES string of the molecule is COC(=O)c1ccc(C2CCOC2)c[n+]1O. The van der Waals surface area contributed by atoms with E-state index in [1.54, 1.807) is 6.07 Å². The van der Waals surface area contributed by atoms with E-state index in [1.807, 2.05) is 6.07 Å². The molecule has 0 aromatic carbocycles. The fourth-order valence-electron chi connectivity index (χ4n) is 1.81. The van der Waals surface area contributed by atoms with E-state index in [4.69, 9.17) is 4.74 Å². The molecule has 5 heteroatoms. The number of rotatable bonds is 2. The smallest absolute Gasteiger partial charge is 0.408 e. The number of ether oxygens (including phenoxy) is 2. The van der Waals surface area contributed by atoms with Crippen molar-refractivity contribution in [2.24, 2.45) is 0 Å². The quantitative estimate of drug-likeness (QED) is 0.451. The average Bonchev–Trinajstić information content (AvgIpc) is 2.81. The Kier molecular flexibility index (Phi) is 3.05. The number of methoxy groups -OCH3 is 1. The maximum absolute atomic E-state index is 11.2. The van der Waals surface area contributed by atoms with Crippen molar-refractivity contribution in [3.05, 3.63) is 29.6 Å². The Labute approximate surface area is 93.2 Å². The van der Waals surface area contributed by atoms with Crippen molar-refractivity contribution >= 4 is 5.97 Å². The zero-order chi connectivity index (χ0) is 11.5. The summed E-state index contributed by atoms with van der Waals surface area (Å²) in [5.41, 5.74) is 1.08. The highest BCUT2D eigenvalue weighted by Gasteiger charge is 2.25. The van der Waals surface area contributed by atoms with Gasteiger partial charge >= 0.3 is 11.7 Å². The number of hydrogen-bond acceptors (Lipinski definition) is 4. The molecule has 16 heavy (non-hydrogen) atoms. The van der Waals surface area contributed by atoms with E-state index in [1.165, 1.54) is 13.3 Å². The summed E-state index contributed by atoms with van der Waals surface area (Å²) in [4.78, 5) is 11.2. The van der Waals surface area contributed by atoms with E-state index in [2.05, 4.69) is 4.74 Å². The molecule has 1 N–H and O–H groups in total. The second kappa shape index (κ2) is 4.49. The molecule has 1 unspecified atom stereocenters. The fourth-order valence-corrected chi connectivity index (χ4v) is 1.81. The molecular formula is C11H14NO4+. The Morgan fingerprint density at radius 2 is 2.44 bits per heavy atom. The van der Waals surface area contributed by atoms with Crippen LogP contribution in [0.2, 0.25) is 0 Å². The zero-order valence-electron chi connectivity index (χ0n) is 9.05. The molecule has 86 valence electrons. The number of esters is 1. The summed E-state index contributed by atoms with van der Waals surface area (Å²) >= 11 is 0. The summed E-state index contributed by atoms with van der Waals surface area (Å²) in [5, 5.41) is 9.63. The summed E-state index contributed by atoms with van der Waals surface area (Å²) < 4.78 is 10.6. The summed E-state index contributed by atoms with van der Waals surface area (Å²) in [6, 6.07) is 3.37. The first-order valence-corrected chi connectivity index (χ1v) is 5.13. The van der Waals surface area contributed by atoms with Crippen molar-refractivity contribution < 1.29 is 24.2 Å². The van der Waals surface area contributed by atoms with Gasteiger partial charge in [-0.3, -0.25) is 5.21 Å². The van der Waals surface area contributed by atoms with Crippen molar-refractivity contribution in [2.75, 3.05) is 20.3 Å². The van der Waals surface area contributed by atoms with E-state index in [9.17, 15) is 10.0 Å². The lowest BCUT2D eigenvalue weighted by Crippen LogP contribution is -2.38. The molecule has 5 nitrogen and oxygen atoms in total. The van der Waals surface area contributed by atoms with Crippen LogP contribution in [0.15, 0.2) is 18.3 Å². The van der Waals surface area contributed by atoms with Crippen LogP contribution >= 0.6 is 0 Å². The molecule has 1 aromatic heterocycles. The van der Waals surface area contributed by atoms with Crippen LogP contribution in [0.5, 0.6) is 0 Å². The molecule has 0 saturated carbocycles. The molecule has 1 aromatic rings. The fraction of sp³-hybridized carbons (Fsp3) is 0.455. The van der Waals surface area contributed by atoms with Crippen LogP contribution in [-0.4, -0.2) is 31.5 Å². The number of pyridine rings is 1. The topological polar surface area (TPSA) is 59.6 Å². The van der Waals surface area contributed by atoms with Gasteiger partial charge in [0.25, 0.3) is 0 Å². The highest BCUT2D eigenvalue weighted by Crippen LogP contribution is 2.23. The third kappa shape index (κ3) is 1.99. The van der Waals surface area contributed by atoms with Gasteiger partial charge < -0.3 is 9.47 Å². The third-order valence-corrected chi connectivity index (χ3v) is 2.75. The van der Waals surface area contributed by atoms with Gasteiger partial charge in [0.15, 0.2) is 0 Å². The molecule has 1 saturated heterocycles. The number of hydrogen-bond donors (Lipinski definition) is 1. The predicted molar refractivity (Wildman–Crippen MR) is 53.3 cm³/mol. The first kappa shape index (κ1) is 10.9. The summed E-state index contributed by atoms with van der Waals surface area (Å²) in [6.07, 6.45) is 2.48. The van der Waals surface area contributed by atoms with Crippen molar-refractivity contribution in [3.8, 4) is 0 Å². The second-order valence-corrected chi connectivity index (χ2v) is 3.74. The lowest BCUT2D eigenvalue weighted by Gasteiger charge is -2.05. The minimum Gasteiger partial charge on any atom is -0.461 e. The standard InChI is InChI=1S/C11H14NO4/c1-15-11(13)10-3-2-8(6-12(10)14)9-4-5-16-7-9/h2-3,6,9,14H,4-5,7H2,1H3/q+1. The number of carbonyl (C=O) groups excluding carboxylic acids is 1. The van der Waals surface area contributed by atoms with Crippen molar-refractivity contribution in [1.82, 2.24) is 0 Å². The van der Waals surface area contributed by atoms with Crippen LogP contribution in [0.25, 0.3) is 0 Å². The minimum atomic E-state index is -0.559. The van der Waals surface area contributed by atoms with E-state index in [0.717, 1.165) is 23.3 Å². The van der Waals surface area contributed by atoms with E-state index >= 15 is 0 Å². The Morgan fingerprint density at radius 1 is 1.62 bits per heavy atom. The summed E-state index contributed by atoms with van der Waals surface area (Å²) in [5.74, 6) is -0.262. The number of aromatic nitrogens is 1. The predicted octanol–water partition coefficient (Wildman–Crippen LogP) is 0.502. The van der Waals surface area contributed by atoms with Crippen molar-refractivity contribution in [1.29, 1.82) is 0 Å². The molecule has 0 spiro atoms. The van der Waals surface area contributed by atoms with Gasteiger partial charge in [0.1, 0.15) is 0 Å². The lowest BCUT2D eigenvalue weighted by molar-refractivity contribution is -0.906. The van der Waals surface area contributed by atoms with Crippen LogP contribution in [0, 0.1) is 0 Å². The molecule has 0 radical (unpaired) electrons. The van der Waals surface area contributed by atoms with Gasteiger partial charge in [0.05, 0.1) is 13.7 Å². The number of carbonyl (C=O) groups is 1. The molecule has 0 aliphatic carbocycles. The van der Waals surface area contributed by atoms with Crippen molar-refractivity contribution in [2.45, 2.75) is 12.3 Å². The monoisotopic (exact) mass is 224 g/mol. The zero-order valence-corrected chi connectivity index (χ0v) is 9.05. The highest BCUT2D eigenvalue weighted by molar-refractivity contribution is 5.85. The highest BCUT2D eigenvalue weighted by atomic mass is 16.5. The van der Waals surface area contributed by atoms with Crippen LogP contribution in [0.4, 0.5) is 0 Å². The van der Waals surface area contributed by atoms with E-state index in [-0.39, 0.29) is 5.69 Å². The van der Waals surface area contributed by atoms with Gasteiger partial charge in [0, 0.05) is 28.9 Å². The molecule has 1 aliphatic rings. The van der Waals surface area contributed by atoms with Gasteiger partial charge in [-0.25, -0.2) is 4.79 Å². The van der Waals surface area contributed by atoms with Crippen LogP contribution in [0.3, 0.4) is 0 Å². The Bertz CT molecular complexity index is 399. The van der Waals surface area contributed by atoms with Crippen molar-refractivity contribution in [3.63, 3.8) is 0 Å². The maximum atomic E-state index is 11.2. The second-order valence-electron chi connectivity index (χ2n) is 3.74. The first-order valence-electron chi connectivity index (χ1n) is 5.13. The van der Waals surface area contributed by atoms with Crippen LogP contribution < -0.4 is 4.73 Å². The normalized spacial score (nSPS) is 19.7. The lowest BCUT2D eigenvalue weighted by atomic mass is 10.0. The molecule has 2 rings (SSSR count). The molecule has 0 bridgehead atoms. The Balaban J connectivity index is 2.25. The van der Waals surface area contributed by atoms with Gasteiger partial charge in [-0.05, 0) is 12.5 Å². The molecule has 1 atom stereocenters. The van der Waals surface area contributed by atoms with E-state index < -0.39 is 5.97 Å². The van der Waals surface area contributed by atoms with Gasteiger partial charge in [0.2, 0.25) is 6.20 Å². The first-order chi connectivity index (χ1) is 7.72. The maximum Gasteiger partial charge on any atom is 0.408 e. The molecule has 1 fully saturated rings. The minimum absolute atomic E-state index is 0.116. The third-order valence-electron chi connectivity index (χ3n) is 2.75. The Morgan fingerprint density at radius 3 is 3.00 bits per heavy atom. The van der Waals surface area contributed by atoms with Crippen LogP contribution in [-0.2, 0) is 9.47 Å². The van der Waals surface area contributed by atoms with Gasteiger partial charge in [-0.1, -0.05) is 0 Å². The summed E-state index contributed by atoms with van der Waals surface area (Å²) in [7, 11) is 1.28.